The topological polar surface area (TPSA) is 99.0 Å². The Balaban J connectivity index is 1.71. The molecule has 4 rings (SSSR count). The van der Waals surface area contributed by atoms with Gasteiger partial charge in [0.1, 0.15) is 11.6 Å². The molecule has 0 spiro atoms. The molecule has 1 unspecified atom stereocenters. The smallest absolute Gasteiger partial charge is 0.350 e. The highest BCUT2D eigenvalue weighted by atomic mass is 16.2. The van der Waals surface area contributed by atoms with Gasteiger partial charge >= 0.3 is 5.69 Å². The van der Waals surface area contributed by atoms with Gasteiger partial charge in [-0.3, -0.25) is 4.79 Å². The monoisotopic (exact) mass is 378 g/mol. The number of rotatable bonds is 4. The van der Waals surface area contributed by atoms with Gasteiger partial charge in [-0.1, -0.05) is 18.2 Å². The normalized spacial score (nSPS) is 16.9. The van der Waals surface area contributed by atoms with Crippen molar-refractivity contribution in [2.45, 2.75) is 18.8 Å². The number of anilines is 1. The first-order chi connectivity index (χ1) is 13.6. The first-order valence-electron chi connectivity index (χ1n) is 9.27. The summed E-state index contributed by atoms with van der Waals surface area (Å²) in [7, 11) is 1.66. The minimum absolute atomic E-state index is 0.0330. The first-order valence-corrected chi connectivity index (χ1v) is 9.27. The van der Waals surface area contributed by atoms with E-state index >= 15 is 0 Å². The van der Waals surface area contributed by atoms with E-state index in [1.54, 1.807) is 29.9 Å². The number of para-hydroxylation sites is 1. The Bertz CT molecular complexity index is 1060. The van der Waals surface area contributed by atoms with Crippen molar-refractivity contribution in [3.05, 3.63) is 70.5 Å². The average molecular weight is 378 g/mol. The fourth-order valence-electron chi connectivity index (χ4n) is 3.79. The van der Waals surface area contributed by atoms with Crippen LogP contribution in [0.1, 0.15) is 34.9 Å². The van der Waals surface area contributed by atoms with Crippen molar-refractivity contribution >= 4 is 11.7 Å². The number of primary amides is 1. The lowest BCUT2D eigenvalue weighted by Gasteiger charge is -2.33. The van der Waals surface area contributed by atoms with Crippen molar-refractivity contribution in [2.24, 2.45) is 12.8 Å². The number of amides is 1. The molecule has 0 aliphatic carbocycles. The summed E-state index contributed by atoms with van der Waals surface area (Å²) in [6.07, 6.45) is 3.46. The Morgan fingerprint density at radius 2 is 1.96 bits per heavy atom. The number of benzene rings is 1. The Labute approximate surface area is 162 Å². The second-order valence-electron chi connectivity index (χ2n) is 6.96. The predicted molar refractivity (Wildman–Crippen MR) is 106 cm³/mol. The van der Waals surface area contributed by atoms with Gasteiger partial charge in [-0.25, -0.2) is 19.0 Å². The van der Waals surface area contributed by atoms with E-state index in [-0.39, 0.29) is 11.6 Å². The van der Waals surface area contributed by atoms with Crippen molar-refractivity contribution in [3.63, 3.8) is 0 Å². The molecule has 28 heavy (non-hydrogen) atoms. The number of nitrogens with zero attached hydrogens (tertiary/aromatic N) is 5. The maximum absolute atomic E-state index is 12.7. The molecule has 0 saturated carbocycles. The molecule has 0 bridgehead atoms. The van der Waals surface area contributed by atoms with E-state index in [1.807, 2.05) is 30.3 Å². The van der Waals surface area contributed by atoms with Crippen LogP contribution >= 0.6 is 0 Å². The highest BCUT2D eigenvalue weighted by Gasteiger charge is 2.29. The van der Waals surface area contributed by atoms with Gasteiger partial charge in [0.25, 0.3) is 5.91 Å². The summed E-state index contributed by atoms with van der Waals surface area (Å²) >= 11 is 0. The van der Waals surface area contributed by atoms with E-state index in [1.165, 1.54) is 4.68 Å². The van der Waals surface area contributed by atoms with Gasteiger partial charge in [-0.15, -0.1) is 0 Å². The maximum Gasteiger partial charge on any atom is 0.350 e. The minimum Gasteiger partial charge on any atom is -0.365 e. The molecular formula is C20H22N6O2. The third kappa shape index (κ3) is 3.17. The van der Waals surface area contributed by atoms with Crippen LogP contribution in [0.3, 0.4) is 0 Å². The van der Waals surface area contributed by atoms with Crippen LogP contribution in [0, 0.1) is 0 Å². The molecule has 2 aromatic heterocycles. The molecule has 3 aromatic rings. The summed E-state index contributed by atoms with van der Waals surface area (Å²) in [5, 5.41) is 4.52. The summed E-state index contributed by atoms with van der Waals surface area (Å²) in [5.41, 5.74) is 6.55. The molecule has 1 saturated heterocycles. The zero-order valence-corrected chi connectivity index (χ0v) is 15.7. The second kappa shape index (κ2) is 7.30. The van der Waals surface area contributed by atoms with E-state index < -0.39 is 5.91 Å². The standard InChI is InChI=1S/C20H22N6O2/c1-24-20(28)26(15-8-3-2-4-9-15)18(23-24)14-7-6-12-25(13-14)19-16(17(21)27)10-5-11-22-19/h2-5,8-11,14H,6-7,12-13H2,1H3,(H2,21,27). The van der Waals surface area contributed by atoms with Gasteiger partial charge in [-0.05, 0) is 37.1 Å². The number of aryl methyl sites for hydroxylation is 1. The van der Waals surface area contributed by atoms with Crippen molar-refractivity contribution in [1.29, 1.82) is 0 Å². The Morgan fingerprint density at radius 1 is 1.18 bits per heavy atom. The number of hydrogen-bond acceptors (Lipinski definition) is 5. The quantitative estimate of drug-likeness (QED) is 0.741. The fraction of sp³-hybridized carbons (Fsp3) is 0.300. The van der Waals surface area contributed by atoms with Crippen LogP contribution in [0.5, 0.6) is 0 Å². The Hall–Kier alpha value is -3.42. The van der Waals surface area contributed by atoms with E-state index in [0.29, 0.717) is 17.9 Å². The van der Waals surface area contributed by atoms with Crippen molar-refractivity contribution < 1.29 is 4.79 Å². The number of pyridine rings is 1. The van der Waals surface area contributed by atoms with Crippen molar-refractivity contribution in [3.8, 4) is 5.69 Å². The van der Waals surface area contributed by atoms with Crippen LogP contribution < -0.4 is 16.3 Å². The lowest BCUT2D eigenvalue weighted by atomic mass is 9.96. The molecule has 3 heterocycles. The third-order valence-electron chi connectivity index (χ3n) is 5.10. The zero-order chi connectivity index (χ0) is 19.7. The molecule has 0 radical (unpaired) electrons. The average Bonchev–Trinajstić information content (AvgIpc) is 3.03. The largest absolute Gasteiger partial charge is 0.365 e. The molecule has 1 aliphatic rings. The minimum atomic E-state index is -0.496. The van der Waals surface area contributed by atoms with Crippen LogP contribution in [0.15, 0.2) is 53.5 Å². The molecule has 144 valence electrons. The molecule has 1 aliphatic heterocycles. The Kier molecular flexibility index (Phi) is 4.68. The van der Waals surface area contributed by atoms with E-state index in [9.17, 15) is 9.59 Å². The van der Waals surface area contributed by atoms with Crippen LogP contribution in [-0.4, -0.2) is 38.3 Å². The number of piperidine rings is 1. The van der Waals surface area contributed by atoms with Gasteiger partial charge < -0.3 is 10.6 Å². The molecule has 8 nitrogen and oxygen atoms in total. The van der Waals surface area contributed by atoms with E-state index in [0.717, 1.165) is 30.9 Å². The van der Waals surface area contributed by atoms with Crippen molar-refractivity contribution in [2.75, 3.05) is 18.0 Å². The number of hydrogen-bond donors (Lipinski definition) is 1. The van der Waals surface area contributed by atoms with Gasteiger partial charge in [-0.2, -0.15) is 5.10 Å². The maximum atomic E-state index is 12.7. The summed E-state index contributed by atoms with van der Waals surface area (Å²) in [5.74, 6) is 0.846. The predicted octanol–water partition coefficient (Wildman–Crippen LogP) is 1.45. The van der Waals surface area contributed by atoms with Crippen LogP contribution in [0.25, 0.3) is 5.69 Å². The van der Waals surface area contributed by atoms with Crippen LogP contribution in [-0.2, 0) is 7.05 Å². The summed E-state index contributed by atoms with van der Waals surface area (Å²) in [6.45, 7) is 1.39. The molecular weight excluding hydrogens is 356 g/mol. The first kappa shape index (κ1) is 18.0. The molecule has 8 heteroatoms. The Morgan fingerprint density at radius 3 is 2.71 bits per heavy atom. The molecule has 1 aromatic carbocycles. The molecule has 1 amide bonds. The van der Waals surface area contributed by atoms with Crippen LogP contribution in [0.4, 0.5) is 5.82 Å². The number of carbonyl (C=O) groups is 1. The summed E-state index contributed by atoms with van der Waals surface area (Å²) in [4.78, 5) is 30.9. The van der Waals surface area contributed by atoms with Gasteiger partial charge in [0.2, 0.25) is 0 Å². The fourth-order valence-corrected chi connectivity index (χ4v) is 3.79. The van der Waals surface area contributed by atoms with E-state index in [4.69, 9.17) is 5.73 Å². The SMILES string of the molecule is Cn1nc(C2CCCN(c3ncccc3C(N)=O)C2)n(-c2ccccc2)c1=O. The lowest BCUT2D eigenvalue weighted by Crippen LogP contribution is -2.37. The molecule has 1 fully saturated rings. The molecule has 2 N–H and O–H groups in total. The third-order valence-corrected chi connectivity index (χ3v) is 5.10. The summed E-state index contributed by atoms with van der Waals surface area (Å²) < 4.78 is 3.04. The van der Waals surface area contributed by atoms with Gasteiger partial charge in [0.05, 0.1) is 11.3 Å². The highest BCUT2D eigenvalue weighted by Crippen LogP contribution is 2.30. The summed E-state index contributed by atoms with van der Waals surface area (Å²) in [6, 6.07) is 12.9. The number of nitrogens with two attached hydrogens (primary N) is 1. The van der Waals surface area contributed by atoms with E-state index in [2.05, 4.69) is 15.0 Å². The van der Waals surface area contributed by atoms with Gasteiger partial charge in [0.15, 0.2) is 0 Å². The van der Waals surface area contributed by atoms with Crippen molar-refractivity contribution in [1.82, 2.24) is 19.3 Å². The number of aromatic nitrogens is 4. The second-order valence-corrected chi connectivity index (χ2v) is 6.96. The molecule has 1 atom stereocenters. The lowest BCUT2D eigenvalue weighted by molar-refractivity contribution is 0.100. The highest BCUT2D eigenvalue weighted by molar-refractivity contribution is 5.97. The zero-order valence-electron chi connectivity index (χ0n) is 15.7. The van der Waals surface area contributed by atoms with Gasteiger partial charge in [0, 0.05) is 32.3 Å². The van der Waals surface area contributed by atoms with Crippen LogP contribution in [0.2, 0.25) is 0 Å². The number of carbonyl (C=O) groups excluding carboxylic acids is 1.